The summed E-state index contributed by atoms with van der Waals surface area (Å²) in [5, 5.41) is 0.648. The number of thioether (sulfide) groups is 1. The Morgan fingerprint density at radius 2 is 2.18 bits per heavy atom. The molecule has 5 heteroatoms. The summed E-state index contributed by atoms with van der Waals surface area (Å²) in [5.41, 5.74) is 7.48. The second kappa shape index (κ2) is 5.02. The van der Waals surface area contributed by atoms with Crippen molar-refractivity contribution >= 4 is 29.1 Å². The van der Waals surface area contributed by atoms with Gasteiger partial charge in [0.2, 0.25) is 5.89 Å². The van der Waals surface area contributed by atoms with Crippen molar-refractivity contribution in [2.75, 3.05) is 5.73 Å². The quantitative estimate of drug-likeness (QED) is 0.679. The zero-order valence-electron chi connectivity index (χ0n) is 9.66. The largest absolute Gasteiger partial charge is 0.445 e. The number of oxazole rings is 1. The lowest BCUT2D eigenvalue weighted by Crippen LogP contribution is -1.89. The predicted octanol–water partition coefficient (Wildman–Crippen LogP) is 3.82. The van der Waals surface area contributed by atoms with Crippen LogP contribution in [0.4, 0.5) is 5.69 Å². The van der Waals surface area contributed by atoms with Gasteiger partial charge in [0.1, 0.15) is 5.76 Å². The molecule has 0 unspecified atom stereocenters. The van der Waals surface area contributed by atoms with Crippen LogP contribution in [0.2, 0.25) is 5.02 Å². The van der Waals surface area contributed by atoms with Gasteiger partial charge in [0, 0.05) is 15.6 Å². The number of nitrogens with two attached hydrogens (primary N) is 1. The number of aryl methyl sites for hydroxylation is 2. The van der Waals surface area contributed by atoms with Crippen molar-refractivity contribution in [2.45, 2.75) is 24.5 Å². The molecular weight excluding hydrogens is 256 g/mol. The fourth-order valence-corrected chi connectivity index (χ4v) is 2.36. The average Bonchev–Trinajstić information content (AvgIpc) is 2.57. The number of anilines is 1. The van der Waals surface area contributed by atoms with E-state index in [-0.39, 0.29) is 0 Å². The molecule has 2 rings (SSSR count). The number of benzene rings is 1. The molecule has 0 spiro atoms. The van der Waals surface area contributed by atoms with Crippen molar-refractivity contribution in [3.8, 4) is 0 Å². The Kier molecular flexibility index (Phi) is 3.64. The fraction of sp³-hybridized carbons (Fsp3) is 0.250. The Labute approximate surface area is 109 Å². The summed E-state index contributed by atoms with van der Waals surface area (Å²) in [7, 11) is 0. The van der Waals surface area contributed by atoms with Crippen molar-refractivity contribution < 1.29 is 4.42 Å². The maximum atomic E-state index is 5.86. The van der Waals surface area contributed by atoms with Crippen LogP contribution in [0.3, 0.4) is 0 Å². The Bertz CT molecular complexity index is 520. The monoisotopic (exact) mass is 268 g/mol. The summed E-state index contributed by atoms with van der Waals surface area (Å²) in [6.45, 7) is 3.84. The number of nitrogen functional groups attached to an aromatic ring is 1. The highest BCUT2D eigenvalue weighted by Crippen LogP contribution is 2.30. The van der Waals surface area contributed by atoms with Gasteiger partial charge < -0.3 is 10.2 Å². The molecule has 0 aliphatic heterocycles. The second-order valence-electron chi connectivity index (χ2n) is 3.72. The zero-order valence-corrected chi connectivity index (χ0v) is 11.2. The number of hydrogen-bond donors (Lipinski definition) is 1. The molecule has 0 atom stereocenters. The van der Waals surface area contributed by atoms with Crippen LogP contribution in [0.1, 0.15) is 17.3 Å². The van der Waals surface area contributed by atoms with Crippen molar-refractivity contribution in [1.29, 1.82) is 0 Å². The number of nitrogens with zero attached hydrogens (tertiary/aromatic N) is 1. The Hall–Kier alpha value is -1.13. The first-order chi connectivity index (χ1) is 8.06. The SMILES string of the molecule is Cc1nc(CSc2ccc(Cl)cc2N)oc1C. The van der Waals surface area contributed by atoms with Gasteiger partial charge in [-0.15, -0.1) is 11.8 Å². The van der Waals surface area contributed by atoms with Crippen LogP contribution in [0.25, 0.3) is 0 Å². The summed E-state index contributed by atoms with van der Waals surface area (Å²) in [4.78, 5) is 5.31. The lowest BCUT2D eigenvalue weighted by molar-refractivity contribution is 0.489. The van der Waals surface area contributed by atoms with E-state index in [0.29, 0.717) is 16.5 Å². The van der Waals surface area contributed by atoms with E-state index in [0.717, 1.165) is 22.2 Å². The van der Waals surface area contributed by atoms with E-state index in [2.05, 4.69) is 4.98 Å². The van der Waals surface area contributed by atoms with E-state index in [9.17, 15) is 0 Å². The maximum absolute atomic E-state index is 5.86. The third kappa shape index (κ3) is 2.96. The Morgan fingerprint density at radius 1 is 1.41 bits per heavy atom. The predicted molar refractivity (Wildman–Crippen MR) is 71.4 cm³/mol. The van der Waals surface area contributed by atoms with Gasteiger partial charge in [0.25, 0.3) is 0 Å². The van der Waals surface area contributed by atoms with Crippen molar-refractivity contribution in [1.82, 2.24) is 4.98 Å². The van der Waals surface area contributed by atoms with Crippen molar-refractivity contribution in [2.24, 2.45) is 0 Å². The molecule has 1 aromatic heterocycles. The topological polar surface area (TPSA) is 52.0 Å². The zero-order chi connectivity index (χ0) is 12.4. The van der Waals surface area contributed by atoms with Crippen molar-refractivity contribution in [3.63, 3.8) is 0 Å². The lowest BCUT2D eigenvalue weighted by Gasteiger charge is -2.03. The maximum Gasteiger partial charge on any atom is 0.204 e. The van der Waals surface area contributed by atoms with Gasteiger partial charge in [0.05, 0.1) is 11.4 Å². The summed E-state index contributed by atoms with van der Waals surface area (Å²) in [6.07, 6.45) is 0. The normalized spacial score (nSPS) is 10.8. The molecule has 0 aliphatic carbocycles. The molecule has 3 nitrogen and oxygen atoms in total. The standard InChI is InChI=1S/C12H13ClN2OS/c1-7-8(2)16-12(15-7)6-17-11-4-3-9(13)5-10(11)14/h3-5H,6,14H2,1-2H3. The summed E-state index contributed by atoms with van der Waals surface area (Å²) < 4.78 is 5.50. The van der Waals surface area contributed by atoms with Crippen LogP contribution < -0.4 is 5.73 Å². The number of hydrogen-bond acceptors (Lipinski definition) is 4. The minimum Gasteiger partial charge on any atom is -0.445 e. The van der Waals surface area contributed by atoms with Gasteiger partial charge in [-0.05, 0) is 32.0 Å². The van der Waals surface area contributed by atoms with E-state index in [1.165, 1.54) is 0 Å². The molecule has 1 heterocycles. The molecule has 0 saturated heterocycles. The number of rotatable bonds is 3. The molecule has 1 aromatic carbocycles. The third-order valence-corrected chi connectivity index (χ3v) is 3.70. The van der Waals surface area contributed by atoms with Crippen molar-refractivity contribution in [3.05, 3.63) is 40.6 Å². The smallest absolute Gasteiger partial charge is 0.204 e. The summed E-state index contributed by atoms with van der Waals surface area (Å²) in [5.74, 6) is 2.25. The minimum atomic E-state index is 0.648. The minimum absolute atomic E-state index is 0.648. The first-order valence-electron chi connectivity index (χ1n) is 5.17. The molecule has 0 radical (unpaired) electrons. The second-order valence-corrected chi connectivity index (χ2v) is 5.17. The van der Waals surface area contributed by atoms with Crippen LogP contribution in [0.5, 0.6) is 0 Å². The first-order valence-corrected chi connectivity index (χ1v) is 6.53. The van der Waals surface area contributed by atoms with Gasteiger partial charge in [-0.1, -0.05) is 11.6 Å². The van der Waals surface area contributed by atoms with E-state index < -0.39 is 0 Å². The highest BCUT2D eigenvalue weighted by Gasteiger charge is 2.07. The Morgan fingerprint density at radius 3 is 2.76 bits per heavy atom. The van der Waals surface area contributed by atoms with Crippen LogP contribution in [0, 0.1) is 13.8 Å². The summed E-state index contributed by atoms with van der Waals surface area (Å²) in [6, 6.07) is 5.48. The van der Waals surface area contributed by atoms with Crippen LogP contribution in [-0.2, 0) is 5.75 Å². The van der Waals surface area contributed by atoms with Crippen LogP contribution in [-0.4, -0.2) is 4.98 Å². The fourth-order valence-electron chi connectivity index (χ4n) is 1.39. The van der Waals surface area contributed by atoms with Crippen LogP contribution in [0.15, 0.2) is 27.5 Å². The average molecular weight is 269 g/mol. The van der Waals surface area contributed by atoms with Gasteiger partial charge >= 0.3 is 0 Å². The van der Waals surface area contributed by atoms with E-state index >= 15 is 0 Å². The molecule has 2 N–H and O–H groups in total. The molecule has 0 fully saturated rings. The van der Waals surface area contributed by atoms with Gasteiger partial charge in [-0.2, -0.15) is 0 Å². The highest BCUT2D eigenvalue weighted by atomic mass is 35.5. The number of aromatic nitrogens is 1. The molecular formula is C12H13ClN2OS. The molecule has 0 saturated carbocycles. The Balaban J connectivity index is 2.07. The van der Waals surface area contributed by atoms with Gasteiger partial charge in [-0.3, -0.25) is 0 Å². The first kappa shape index (κ1) is 12.3. The third-order valence-electron chi connectivity index (χ3n) is 2.40. The van der Waals surface area contributed by atoms with E-state index in [1.807, 2.05) is 26.0 Å². The van der Waals surface area contributed by atoms with Gasteiger partial charge in [0.15, 0.2) is 0 Å². The molecule has 2 aromatic rings. The number of halogens is 1. The van der Waals surface area contributed by atoms with Gasteiger partial charge in [-0.25, -0.2) is 4.98 Å². The molecule has 0 aliphatic rings. The molecule has 0 amide bonds. The molecule has 17 heavy (non-hydrogen) atoms. The molecule has 0 bridgehead atoms. The van der Waals surface area contributed by atoms with E-state index in [4.69, 9.17) is 21.8 Å². The highest BCUT2D eigenvalue weighted by molar-refractivity contribution is 7.98. The summed E-state index contributed by atoms with van der Waals surface area (Å²) >= 11 is 7.43. The molecule has 90 valence electrons. The van der Waals surface area contributed by atoms with Crippen LogP contribution >= 0.6 is 23.4 Å². The van der Waals surface area contributed by atoms with E-state index in [1.54, 1.807) is 17.8 Å². The lowest BCUT2D eigenvalue weighted by atomic mass is 10.3.